The Labute approximate surface area is 165 Å². The van der Waals surface area contributed by atoms with Crippen molar-refractivity contribution < 1.29 is 33.0 Å². The maximum atomic E-state index is 14.7. The molecule has 154 valence electrons. The van der Waals surface area contributed by atoms with Crippen LogP contribution < -0.4 is 10.3 Å². The van der Waals surface area contributed by atoms with Crippen molar-refractivity contribution in [2.45, 2.75) is 6.92 Å². The van der Waals surface area contributed by atoms with E-state index in [0.717, 1.165) is 29.2 Å². The van der Waals surface area contributed by atoms with Crippen molar-refractivity contribution in [3.63, 3.8) is 0 Å². The molecule has 0 atom stereocenters. The molecule has 0 aliphatic rings. The smallest absolute Gasteiger partial charge is 0.423 e. The molecule has 29 heavy (non-hydrogen) atoms. The van der Waals surface area contributed by atoms with E-state index in [0.29, 0.717) is 0 Å². The number of urea groups is 1. The standard InChI is InChI=1S/C19H19F2N3O5/c1-4-24(22-18(26)27)19(28)23(2)15-9-8-11(10-14(15)21)12-6-5-7-13(20)16(12)17(25)29-3/h5-10,22H,4H2,1-3H3,(H,26,27). The first-order chi connectivity index (χ1) is 13.7. The van der Waals surface area contributed by atoms with Crippen LogP contribution in [0.15, 0.2) is 36.4 Å². The average molecular weight is 407 g/mol. The number of carbonyl (C=O) groups is 3. The lowest BCUT2D eigenvalue weighted by Gasteiger charge is -2.26. The van der Waals surface area contributed by atoms with Crippen LogP contribution in [0.25, 0.3) is 11.1 Å². The van der Waals surface area contributed by atoms with Gasteiger partial charge in [-0.2, -0.15) is 0 Å². The molecule has 2 aromatic rings. The summed E-state index contributed by atoms with van der Waals surface area (Å²) >= 11 is 0. The van der Waals surface area contributed by atoms with Crippen molar-refractivity contribution in [2.24, 2.45) is 0 Å². The molecular weight excluding hydrogens is 388 g/mol. The number of hydrogen-bond donors (Lipinski definition) is 2. The lowest BCUT2D eigenvalue weighted by atomic mass is 9.98. The monoisotopic (exact) mass is 407 g/mol. The van der Waals surface area contributed by atoms with E-state index >= 15 is 0 Å². The SMILES string of the molecule is CCN(NC(=O)O)C(=O)N(C)c1ccc(-c2cccc(F)c2C(=O)OC)cc1F. The summed E-state index contributed by atoms with van der Waals surface area (Å²) in [5.41, 5.74) is 1.76. The molecule has 0 saturated carbocycles. The predicted octanol–water partition coefficient (Wildman–Crippen LogP) is 3.48. The molecule has 3 amide bonds. The summed E-state index contributed by atoms with van der Waals surface area (Å²) < 4.78 is 33.4. The summed E-state index contributed by atoms with van der Waals surface area (Å²) in [7, 11) is 2.38. The number of benzene rings is 2. The van der Waals surface area contributed by atoms with Crippen molar-refractivity contribution in [3.05, 3.63) is 53.6 Å². The molecule has 0 radical (unpaired) electrons. The minimum Gasteiger partial charge on any atom is -0.465 e. The van der Waals surface area contributed by atoms with Gasteiger partial charge in [-0.15, -0.1) is 0 Å². The van der Waals surface area contributed by atoms with E-state index in [4.69, 9.17) is 5.11 Å². The lowest BCUT2D eigenvalue weighted by molar-refractivity contribution is 0.0596. The van der Waals surface area contributed by atoms with Gasteiger partial charge in [0.05, 0.1) is 12.8 Å². The molecular formula is C19H19F2N3O5. The molecule has 0 spiro atoms. The van der Waals surface area contributed by atoms with Crippen LogP contribution in [0.5, 0.6) is 0 Å². The van der Waals surface area contributed by atoms with E-state index < -0.39 is 29.7 Å². The van der Waals surface area contributed by atoms with Crippen LogP contribution in [0.1, 0.15) is 17.3 Å². The highest BCUT2D eigenvalue weighted by molar-refractivity contribution is 5.98. The van der Waals surface area contributed by atoms with E-state index in [1.54, 1.807) is 6.92 Å². The highest BCUT2D eigenvalue weighted by Gasteiger charge is 2.23. The van der Waals surface area contributed by atoms with Crippen LogP contribution in [-0.4, -0.2) is 48.9 Å². The lowest BCUT2D eigenvalue weighted by Crippen LogP contribution is -2.50. The Hall–Kier alpha value is -3.69. The van der Waals surface area contributed by atoms with Gasteiger partial charge in [-0.1, -0.05) is 18.2 Å². The minimum absolute atomic E-state index is 0.0148. The van der Waals surface area contributed by atoms with Crippen molar-refractivity contribution in [1.82, 2.24) is 10.4 Å². The molecule has 0 heterocycles. The molecule has 0 aromatic heterocycles. The Morgan fingerprint density at radius 2 is 1.83 bits per heavy atom. The van der Waals surface area contributed by atoms with Crippen LogP contribution in [0, 0.1) is 11.6 Å². The van der Waals surface area contributed by atoms with Gasteiger partial charge in [-0.3, -0.25) is 4.90 Å². The normalized spacial score (nSPS) is 10.2. The van der Waals surface area contributed by atoms with E-state index in [1.807, 2.05) is 5.43 Å². The zero-order chi connectivity index (χ0) is 21.7. The highest BCUT2D eigenvalue weighted by Crippen LogP contribution is 2.30. The fraction of sp³-hybridized carbons (Fsp3) is 0.211. The fourth-order valence-electron chi connectivity index (χ4n) is 2.68. The molecule has 10 heteroatoms. The van der Waals surface area contributed by atoms with E-state index in [-0.39, 0.29) is 28.9 Å². The van der Waals surface area contributed by atoms with Gasteiger partial charge in [0, 0.05) is 13.6 Å². The molecule has 2 rings (SSSR count). The molecule has 0 bridgehead atoms. The number of nitrogens with one attached hydrogen (secondary N) is 1. The second-order valence-electron chi connectivity index (χ2n) is 5.82. The highest BCUT2D eigenvalue weighted by atomic mass is 19.1. The van der Waals surface area contributed by atoms with Crippen LogP contribution in [-0.2, 0) is 4.74 Å². The number of rotatable bonds is 4. The quantitative estimate of drug-likeness (QED) is 0.597. The van der Waals surface area contributed by atoms with E-state index in [9.17, 15) is 23.2 Å². The van der Waals surface area contributed by atoms with Crippen LogP contribution in [0.2, 0.25) is 0 Å². The topological polar surface area (TPSA) is 99.2 Å². The van der Waals surface area contributed by atoms with Gasteiger partial charge in [-0.25, -0.2) is 33.6 Å². The summed E-state index contributed by atoms with van der Waals surface area (Å²) in [5, 5.41) is 9.57. The van der Waals surface area contributed by atoms with Crippen LogP contribution in [0.3, 0.4) is 0 Å². The molecule has 0 unspecified atom stereocenters. The van der Waals surface area contributed by atoms with Crippen LogP contribution in [0.4, 0.5) is 24.1 Å². The minimum atomic E-state index is -1.44. The second-order valence-corrected chi connectivity index (χ2v) is 5.82. The van der Waals surface area contributed by atoms with Gasteiger partial charge in [0.15, 0.2) is 0 Å². The zero-order valence-corrected chi connectivity index (χ0v) is 15.9. The predicted molar refractivity (Wildman–Crippen MR) is 100 cm³/mol. The number of esters is 1. The number of carbonyl (C=O) groups excluding carboxylic acids is 2. The molecule has 0 aliphatic heterocycles. The Kier molecular flexibility index (Phi) is 6.71. The van der Waals surface area contributed by atoms with Gasteiger partial charge >= 0.3 is 18.1 Å². The summed E-state index contributed by atoms with van der Waals surface area (Å²) in [6, 6.07) is 6.81. The van der Waals surface area contributed by atoms with Crippen molar-refractivity contribution in [2.75, 3.05) is 25.6 Å². The molecule has 0 fully saturated rings. The number of anilines is 1. The summed E-state index contributed by atoms with van der Waals surface area (Å²) in [6.45, 7) is 1.56. The maximum Gasteiger partial charge on any atom is 0.423 e. The zero-order valence-electron chi connectivity index (χ0n) is 15.9. The third kappa shape index (κ3) is 4.60. The van der Waals surface area contributed by atoms with Crippen molar-refractivity contribution in [3.8, 4) is 11.1 Å². The molecule has 8 nitrogen and oxygen atoms in total. The molecule has 0 aliphatic carbocycles. The number of nitrogens with zero attached hydrogens (tertiary/aromatic N) is 2. The number of methoxy groups -OCH3 is 1. The van der Waals surface area contributed by atoms with Crippen molar-refractivity contribution in [1.29, 1.82) is 0 Å². The van der Waals surface area contributed by atoms with Gasteiger partial charge in [-0.05, 0) is 36.2 Å². The molecule has 2 aromatic carbocycles. The van der Waals surface area contributed by atoms with E-state index in [1.165, 1.54) is 31.3 Å². The van der Waals surface area contributed by atoms with Gasteiger partial charge in [0.1, 0.15) is 17.2 Å². The molecule has 2 N–H and O–H groups in total. The Morgan fingerprint density at radius 3 is 2.38 bits per heavy atom. The number of hydrogen-bond acceptors (Lipinski definition) is 4. The van der Waals surface area contributed by atoms with Gasteiger partial charge in [0.2, 0.25) is 0 Å². The summed E-state index contributed by atoms with van der Waals surface area (Å²) in [6.07, 6.45) is -1.44. The second kappa shape index (κ2) is 9.00. The Bertz CT molecular complexity index is 951. The third-order valence-electron chi connectivity index (χ3n) is 4.09. The maximum absolute atomic E-state index is 14.7. The number of halogens is 2. The Balaban J connectivity index is 2.41. The largest absolute Gasteiger partial charge is 0.465 e. The summed E-state index contributed by atoms with van der Waals surface area (Å²) in [5.74, 6) is -2.55. The van der Waals surface area contributed by atoms with Gasteiger partial charge < -0.3 is 9.84 Å². The number of ether oxygens (including phenoxy) is 1. The average Bonchev–Trinajstić information content (AvgIpc) is 2.70. The number of carboxylic acid groups (broad SMARTS) is 1. The third-order valence-corrected chi connectivity index (χ3v) is 4.09. The van der Waals surface area contributed by atoms with Crippen LogP contribution >= 0.6 is 0 Å². The Morgan fingerprint density at radius 1 is 1.14 bits per heavy atom. The van der Waals surface area contributed by atoms with Crippen molar-refractivity contribution >= 4 is 23.8 Å². The van der Waals surface area contributed by atoms with E-state index in [2.05, 4.69) is 4.74 Å². The first-order valence-electron chi connectivity index (χ1n) is 8.42. The molecule has 0 saturated heterocycles. The first kappa shape index (κ1) is 21.6. The fourth-order valence-corrected chi connectivity index (χ4v) is 2.68. The number of hydrazine groups is 1. The summed E-state index contributed by atoms with van der Waals surface area (Å²) in [4.78, 5) is 36.0. The number of amides is 3. The van der Waals surface area contributed by atoms with Gasteiger partial charge in [0.25, 0.3) is 0 Å². The first-order valence-corrected chi connectivity index (χ1v) is 8.42.